The van der Waals surface area contributed by atoms with Gasteiger partial charge in [0, 0.05) is 25.7 Å². The number of halogens is 1. The summed E-state index contributed by atoms with van der Waals surface area (Å²) in [5.41, 5.74) is 6.00. The first-order valence-electron chi connectivity index (χ1n) is 6.05. The lowest BCUT2D eigenvalue weighted by Gasteiger charge is -2.22. The summed E-state index contributed by atoms with van der Waals surface area (Å²) in [6, 6.07) is 2.08. The van der Waals surface area contributed by atoms with Crippen LogP contribution in [0.25, 0.3) is 0 Å². The highest BCUT2D eigenvalue weighted by atomic mass is 19.1. The molecule has 0 heterocycles. The zero-order chi connectivity index (χ0) is 14.6. The van der Waals surface area contributed by atoms with Crippen molar-refractivity contribution in [3.05, 3.63) is 17.9 Å². The van der Waals surface area contributed by atoms with Gasteiger partial charge in [0.15, 0.2) is 0 Å². The molecule has 0 aliphatic rings. The number of methoxy groups -OCH3 is 1. The number of nitrogens with one attached hydrogen (secondary N) is 1. The van der Waals surface area contributed by atoms with Crippen LogP contribution in [-0.2, 0) is 4.79 Å². The second kappa shape index (κ2) is 6.26. The Morgan fingerprint density at radius 1 is 1.58 bits per heavy atom. The Labute approximate surface area is 112 Å². The molecule has 0 bridgehead atoms. The van der Waals surface area contributed by atoms with Gasteiger partial charge in [0.2, 0.25) is 5.91 Å². The van der Waals surface area contributed by atoms with Crippen molar-refractivity contribution in [3.8, 4) is 5.75 Å². The third-order valence-corrected chi connectivity index (χ3v) is 2.91. The molecule has 0 saturated carbocycles. The molecular weight excluding hydrogens is 249 g/mol. The van der Waals surface area contributed by atoms with E-state index in [9.17, 15) is 9.18 Å². The lowest BCUT2D eigenvalue weighted by atomic mass is 10.2. The molecule has 0 aliphatic heterocycles. The van der Waals surface area contributed by atoms with Crippen LogP contribution in [0.1, 0.15) is 13.8 Å². The standard InChI is InChI=1S/C13H20FN3O2/c1-5-17(3)13(18)8(2)16-11-7-12(19-4)10(15)6-9(11)14/h6-8,16H,5,15H2,1-4H3. The third-order valence-electron chi connectivity index (χ3n) is 2.91. The van der Waals surface area contributed by atoms with Crippen LogP contribution in [0.3, 0.4) is 0 Å². The molecule has 1 amide bonds. The van der Waals surface area contributed by atoms with Gasteiger partial charge in [-0.25, -0.2) is 4.39 Å². The van der Waals surface area contributed by atoms with Crippen LogP contribution in [0.2, 0.25) is 0 Å². The highest BCUT2D eigenvalue weighted by Gasteiger charge is 2.18. The van der Waals surface area contributed by atoms with E-state index in [1.165, 1.54) is 19.2 Å². The maximum atomic E-state index is 13.8. The first kappa shape index (κ1) is 15.1. The first-order valence-corrected chi connectivity index (χ1v) is 6.05. The second-order valence-electron chi connectivity index (χ2n) is 4.29. The van der Waals surface area contributed by atoms with E-state index in [-0.39, 0.29) is 17.3 Å². The molecule has 1 atom stereocenters. The number of rotatable bonds is 5. The number of hydrogen-bond donors (Lipinski definition) is 2. The van der Waals surface area contributed by atoms with E-state index >= 15 is 0 Å². The van der Waals surface area contributed by atoms with Gasteiger partial charge in [-0.3, -0.25) is 4.79 Å². The summed E-state index contributed by atoms with van der Waals surface area (Å²) in [6.07, 6.45) is 0. The maximum Gasteiger partial charge on any atom is 0.244 e. The summed E-state index contributed by atoms with van der Waals surface area (Å²) < 4.78 is 18.8. The summed E-state index contributed by atoms with van der Waals surface area (Å²) in [5, 5.41) is 2.83. The van der Waals surface area contributed by atoms with E-state index in [0.29, 0.717) is 12.3 Å². The number of hydrogen-bond acceptors (Lipinski definition) is 4. The lowest BCUT2D eigenvalue weighted by molar-refractivity contribution is -0.130. The predicted molar refractivity (Wildman–Crippen MR) is 73.8 cm³/mol. The molecule has 0 saturated heterocycles. The van der Waals surface area contributed by atoms with Crippen LogP contribution >= 0.6 is 0 Å². The van der Waals surface area contributed by atoms with E-state index in [4.69, 9.17) is 10.5 Å². The van der Waals surface area contributed by atoms with E-state index < -0.39 is 11.9 Å². The first-order chi connectivity index (χ1) is 8.90. The van der Waals surface area contributed by atoms with E-state index in [2.05, 4.69) is 5.32 Å². The minimum atomic E-state index is -0.534. The Balaban J connectivity index is 2.90. The van der Waals surface area contributed by atoms with Gasteiger partial charge in [0.1, 0.15) is 17.6 Å². The fourth-order valence-corrected chi connectivity index (χ4v) is 1.64. The van der Waals surface area contributed by atoms with Crippen molar-refractivity contribution < 1.29 is 13.9 Å². The van der Waals surface area contributed by atoms with E-state index in [0.717, 1.165) is 0 Å². The number of carbonyl (C=O) groups excluding carboxylic acids is 1. The van der Waals surface area contributed by atoms with Crippen LogP contribution in [0.4, 0.5) is 15.8 Å². The summed E-state index contributed by atoms with van der Waals surface area (Å²) in [5.74, 6) is -0.262. The van der Waals surface area contributed by atoms with Crippen molar-refractivity contribution in [1.82, 2.24) is 4.90 Å². The molecule has 1 unspecified atom stereocenters. The predicted octanol–water partition coefficient (Wildman–Crippen LogP) is 1.70. The summed E-state index contributed by atoms with van der Waals surface area (Å²) in [6.45, 7) is 4.15. The van der Waals surface area contributed by atoms with Crippen LogP contribution in [0.15, 0.2) is 12.1 Å². The third kappa shape index (κ3) is 3.49. The molecule has 5 nitrogen and oxygen atoms in total. The quantitative estimate of drug-likeness (QED) is 0.798. The van der Waals surface area contributed by atoms with Gasteiger partial charge in [0.25, 0.3) is 0 Å². The second-order valence-corrected chi connectivity index (χ2v) is 4.29. The Hall–Kier alpha value is -1.98. The number of benzene rings is 1. The fraction of sp³-hybridized carbons (Fsp3) is 0.462. The van der Waals surface area contributed by atoms with Crippen molar-refractivity contribution in [1.29, 1.82) is 0 Å². The molecular formula is C13H20FN3O2. The molecule has 1 aromatic carbocycles. The molecule has 0 radical (unpaired) electrons. The van der Waals surface area contributed by atoms with Gasteiger partial charge in [-0.05, 0) is 13.8 Å². The average molecular weight is 269 g/mol. The van der Waals surface area contributed by atoms with Crippen LogP contribution in [0.5, 0.6) is 5.75 Å². The summed E-state index contributed by atoms with van der Waals surface area (Å²) in [7, 11) is 3.15. The van der Waals surface area contributed by atoms with Gasteiger partial charge in [0.05, 0.1) is 18.5 Å². The van der Waals surface area contributed by atoms with Crippen LogP contribution in [0, 0.1) is 5.82 Å². The topological polar surface area (TPSA) is 67.6 Å². The maximum absolute atomic E-state index is 13.8. The number of nitrogens with zero attached hydrogens (tertiary/aromatic N) is 1. The molecule has 106 valence electrons. The van der Waals surface area contributed by atoms with Crippen molar-refractivity contribution >= 4 is 17.3 Å². The van der Waals surface area contributed by atoms with Gasteiger partial charge >= 0.3 is 0 Å². The molecule has 0 spiro atoms. The molecule has 1 rings (SSSR count). The number of amides is 1. The summed E-state index contributed by atoms with van der Waals surface area (Å²) in [4.78, 5) is 13.5. The zero-order valence-corrected chi connectivity index (χ0v) is 11.7. The highest BCUT2D eigenvalue weighted by Crippen LogP contribution is 2.28. The number of nitrogen functional groups attached to an aromatic ring is 1. The average Bonchev–Trinajstić information content (AvgIpc) is 2.39. The SMILES string of the molecule is CCN(C)C(=O)C(C)Nc1cc(OC)c(N)cc1F. The molecule has 1 aromatic rings. The fourth-order valence-electron chi connectivity index (χ4n) is 1.64. The molecule has 19 heavy (non-hydrogen) atoms. The number of likely N-dealkylation sites (N-methyl/N-ethyl adjacent to an activating group) is 1. The van der Waals surface area contributed by atoms with E-state index in [1.54, 1.807) is 18.9 Å². The van der Waals surface area contributed by atoms with Crippen molar-refractivity contribution in [2.75, 3.05) is 31.8 Å². The molecule has 6 heteroatoms. The largest absolute Gasteiger partial charge is 0.495 e. The minimum Gasteiger partial charge on any atom is -0.495 e. The molecule has 3 N–H and O–H groups in total. The van der Waals surface area contributed by atoms with Crippen molar-refractivity contribution in [3.63, 3.8) is 0 Å². The molecule has 0 fully saturated rings. The normalized spacial score (nSPS) is 11.8. The van der Waals surface area contributed by atoms with Gasteiger partial charge in [-0.1, -0.05) is 0 Å². The monoisotopic (exact) mass is 269 g/mol. The van der Waals surface area contributed by atoms with E-state index in [1.807, 2.05) is 6.92 Å². The van der Waals surface area contributed by atoms with Crippen LogP contribution < -0.4 is 15.8 Å². The Morgan fingerprint density at radius 3 is 2.74 bits per heavy atom. The number of anilines is 2. The van der Waals surface area contributed by atoms with Gasteiger partial charge < -0.3 is 20.7 Å². The number of carbonyl (C=O) groups is 1. The summed E-state index contributed by atoms with van der Waals surface area (Å²) >= 11 is 0. The highest BCUT2D eigenvalue weighted by molar-refractivity contribution is 5.84. The number of nitrogens with two attached hydrogens (primary N) is 1. The van der Waals surface area contributed by atoms with Crippen molar-refractivity contribution in [2.24, 2.45) is 0 Å². The van der Waals surface area contributed by atoms with Crippen LogP contribution in [-0.4, -0.2) is 37.6 Å². The Morgan fingerprint density at radius 2 is 2.21 bits per heavy atom. The molecule has 0 aromatic heterocycles. The van der Waals surface area contributed by atoms with Gasteiger partial charge in [-0.2, -0.15) is 0 Å². The Bertz CT molecular complexity index is 465. The zero-order valence-electron chi connectivity index (χ0n) is 11.7. The van der Waals surface area contributed by atoms with Crippen molar-refractivity contribution in [2.45, 2.75) is 19.9 Å². The molecule has 0 aliphatic carbocycles. The lowest BCUT2D eigenvalue weighted by Crippen LogP contribution is -2.39. The number of ether oxygens (including phenoxy) is 1. The van der Waals surface area contributed by atoms with Gasteiger partial charge in [-0.15, -0.1) is 0 Å². The Kier molecular flexibility index (Phi) is 4.97. The minimum absolute atomic E-state index is 0.113. The smallest absolute Gasteiger partial charge is 0.244 e.